The first kappa shape index (κ1) is 9.13. The van der Waals surface area contributed by atoms with Crippen molar-refractivity contribution in [2.24, 2.45) is 5.73 Å². The molecule has 0 spiro atoms. The van der Waals surface area contributed by atoms with Crippen LogP contribution in [0.5, 0.6) is 0 Å². The van der Waals surface area contributed by atoms with E-state index in [4.69, 9.17) is 5.73 Å². The molecule has 0 atom stereocenters. The van der Waals surface area contributed by atoms with Gasteiger partial charge >= 0.3 is 0 Å². The molecule has 0 saturated heterocycles. The van der Waals surface area contributed by atoms with Gasteiger partial charge in [0.15, 0.2) is 0 Å². The molecule has 1 heterocycles. The SMILES string of the molecule is CCCc1ncc(CCN)cn1. The third kappa shape index (κ3) is 2.58. The van der Waals surface area contributed by atoms with E-state index >= 15 is 0 Å². The minimum atomic E-state index is 0.663. The van der Waals surface area contributed by atoms with Gasteiger partial charge in [0.25, 0.3) is 0 Å². The van der Waals surface area contributed by atoms with Gasteiger partial charge in [-0.1, -0.05) is 6.92 Å². The second-order valence-corrected chi connectivity index (χ2v) is 2.80. The molecule has 0 amide bonds. The monoisotopic (exact) mass is 165 g/mol. The number of aromatic nitrogens is 2. The Morgan fingerprint density at radius 1 is 1.25 bits per heavy atom. The van der Waals surface area contributed by atoms with Crippen molar-refractivity contribution in [3.63, 3.8) is 0 Å². The molecule has 2 N–H and O–H groups in total. The maximum Gasteiger partial charge on any atom is 0.128 e. The number of hydrogen-bond acceptors (Lipinski definition) is 3. The Morgan fingerprint density at radius 2 is 1.92 bits per heavy atom. The van der Waals surface area contributed by atoms with E-state index in [2.05, 4.69) is 16.9 Å². The van der Waals surface area contributed by atoms with Gasteiger partial charge in [-0.15, -0.1) is 0 Å². The summed E-state index contributed by atoms with van der Waals surface area (Å²) < 4.78 is 0. The fourth-order valence-electron chi connectivity index (χ4n) is 1.03. The van der Waals surface area contributed by atoms with Crippen LogP contribution < -0.4 is 5.73 Å². The van der Waals surface area contributed by atoms with Gasteiger partial charge in [-0.25, -0.2) is 9.97 Å². The van der Waals surface area contributed by atoms with Crippen molar-refractivity contribution < 1.29 is 0 Å². The van der Waals surface area contributed by atoms with E-state index in [1.54, 1.807) is 0 Å². The average molecular weight is 165 g/mol. The van der Waals surface area contributed by atoms with Crippen LogP contribution in [0.15, 0.2) is 12.4 Å². The zero-order valence-corrected chi connectivity index (χ0v) is 7.45. The number of nitrogens with zero attached hydrogens (tertiary/aromatic N) is 2. The summed E-state index contributed by atoms with van der Waals surface area (Å²) in [5.74, 6) is 0.929. The summed E-state index contributed by atoms with van der Waals surface area (Å²) in [6.45, 7) is 2.79. The lowest BCUT2D eigenvalue weighted by molar-refractivity contribution is 0.820. The first-order valence-electron chi connectivity index (χ1n) is 4.36. The van der Waals surface area contributed by atoms with E-state index in [0.29, 0.717) is 6.54 Å². The number of aryl methyl sites for hydroxylation is 1. The van der Waals surface area contributed by atoms with E-state index in [1.807, 2.05) is 12.4 Å². The zero-order chi connectivity index (χ0) is 8.81. The van der Waals surface area contributed by atoms with Crippen LogP contribution >= 0.6 is 0 Å². The van der Waals surface area contributed by atoms with E-state index in [9.17, 15) is 0 Å². The fraction of sp³-hybridized carbons (Fsp3) is 0.556. The molecule has 1 aromatic heterocycles. The summed E-state index contributed by atoms with van der Waals surface area (Å²) in [5, 5.41) is 0. The van der Waals surface area contributed by atoms with Crippen molar-refractivity contribution in [3.05, 3.63) is 23.8 Å². The van der Waals surface area contributed by atoms with E-state index in [1.165, 1.54) is 0 Å². The first-order valence-corrected chi connectivity index (χ1v) is 4.36. The minimum absolute atomic E-state index is 0.663. The van der Waals surface area contributed by atoms with Gasteiger partial charge in [-0.05, 0) is 24.9 Å². The van der Waals surface area contributed by atoms with Crippen LogP contribution in [0, 0.1) is 0 Å². The number of hydrogen-bond donors (Lipinski definition) is 1. The van der Waals surface area contributed by atoms with Gasteiger partial charge in [0, 0.05) is 18.8 Å². The Kier molecular flexibility index (Phi) is 3.67. The Morgan fingerprint density at radius 3 is 2.42 bits per heavy atom. The maximum absolute atomic E-state index is 5.40. The molecule has 12 heavy (non-hydrogen) atoms. The van der Waals surface area contributed by atoms with E-state index in [0.717, 1.165) is 30.7 Å². The molecule has 0 fully saturated rings. The lowest BCUT2D eigenvalue weighted by Crippen LogP contribution is -2.04. The number of rotatable bonds is 4. The van der Waals surface area contributed by atoms with Crippen molar-refractivity contribution in [2.45, 2.75) is 26.2 Å². The largest absolute Gasteiger partial charge is 0.330 e. The smallest absolute Gasteiger partial charge is 0.128 e. The summed E-state index contributed by atoms with van der Waals surface area (Å²) in [7, 11) is 0. The molecule has 0 radical (unpaired) electrons. The molecular formula is C9H15N3. The predicted molar refractivity (Wildman–Crippen MR) is 48.8 cm³/mol. The third-order valence-electron chi connectivity index (χ3n) is 1.67. The van der Waals surface area contributed by atoms with Crippen LogP contribution in [0.2, 0.25) is 0 Å². The van der Waals surface area contributed by atoms with Crippen molar-refractivity contribution >= 4 is 0 Å². The molecule has 1 aromatic rings. The molecule has 0 aliphatic carbocycles. The standard InChI is InChI=1S/C9H15N3/c1-2-3-9-11-6-8(4-5-10)7-12-9/h6-7H,2-5,10H2,1H3. The van der Waals surface area contributed by atoms with Crippen LogP contribution in [-0.4, -0.2) is 16.5 Å². The van der Waals surface area contributed by atoms with Gasteiger partial charge in [-0.2, -0.15) is 0 Å². The summed E-state index contributed by atoms with van der Waals surface area (Å²) >= 11 is 0. The first-order chi connectivity index (χ1) is 5.86. The van der Waals surface area contributed by atoms with Crippen LogP contribution in [0.4, 0.5) is 0 Å². The fourth-order valence-corrected chi connectivity index (χ4v) is 1.03. The molecule has 0 aromatic carbocycles. The highest BCUT2D eigenvalue weighted by Gasteiger charge is 1.95. The second-order valence-electron chi connectivity index (χ2n) is 2.80. The zero-order valence-electron chi connectivity index (χ0n) is 7.45. The van der Waals surface area contributed by atoms with Crippen molar-refractivity contribution in [3.8, 4) is 0 Å². The minimum Gasteiger partial charge on any atom is -0.330 e. The summed E-state index contributed by atoms with van der Waals surface area (Å²) in [4.78, 5) is 8.44. The van der Waals surface area contributed by atoms with Crippen LogP contribution in [-0.2, 0) is 12.8 Å². The summed E-state index contributed by atoms with van der Waals surface area (Å²) in [6.07, 6.45) is 6.65. The van der Waals surface area contributed by atoms with Crippen molar-refractivity contribution in [1.82, 2.24) is 9.97 Å². The predicted octanol–water partition coefficient (Wildman–Crippen LogP) is 0.930. The average Bonchev–Trinajstić information content (AvgIpc) is 2.09. The normalized spacial score (nSPS) is 10.2. The summed E-state index contributed by atoms with van der Waals surface area (Å²) in [5.41, 5.74) is 6.52. The Hall–Kier alpha value is -0.960. The topological polar surface area (TPSA) is 51.8 Å². The second kappa shape index (κ2) is 4.83. The van der Waals surface area contributed by atoms with Crippen molar-refractivity contribution in [1.29, 1.82) is 0 Å². The molecular weight excluding hydrogens is 150 g/mol. The van der Waals surface area contributed by atoms with Crippen LogP contribution in [0.1, 0.15) is 24.7 Å². The van der Waals surface area contributed by atoms with E-state index < -0.39 is 0 Å². The maximum atomic E-state index is 5.40. The molecule has 0 saturated carbocycles. The molecule has 0 aliphatic heterocycles. The Balaban J connectivity index is 2.58. The number of nitrogens with two attached hydrogens (primary N) is 1. The molecule has 3 nitrogen and oxygen atoms in total. The van der Waals surface area contributed by atoms with Crippen LogP contribution in [0.25, 0.3) is 0 Å². The van der Waals surface area contributed by atoms with Crippen LogP contribution in [0.3, 0.4) is 0 Å². The molecule has 1 rings (SSSR count). The lowest BCUT2D eigenvalue weighted by Gasteiger charge is -1.99. The van der Waals surface area contributed by atoms with Gasteiger partial charge in [0.2, 0.25) is 0 Å². The Labute approximate surface area is 73.0 Å². The molecule has 3 heteroatoms. The molecule has 66 valence electrons. The summed E-state index contributed by atoms with van der Waals surface area (Å²) in [6, 6.07) is 0. The highest BCUT2D eigenvalue weighted by Crippen LogP contribution is 1.98. The van der Waals surface area contributed by atoms with Gasteiger partial charge < -0.3 is 5.73 Å². The van der Waals surface area contributed by atoms with Gasteiger partial charge in [0.05, 0.1) is 0 Å². The lowest BCUT2D eigenvalue weighted by atomic mass is 10.2. The Bertz CT molecular complexity index is 193. The highest BCUT2D eigenvalue weighted by atomic mass is 14.9. The molecule has 0 unspecified atom stereocenters. The van der Waals surface area contributed by atoms with Crippen molar-refractivity contribution in [2.75, 3.05) is 6.54 Å². The van der Waals surface area contributed by atoms with E-state index in [-0.39, 0.29) is 0 Å². The molecule has 0 aliphatic rings. The van der Waals surface area contributed by atoms with Gasteiger partial charge in [-0.3, -0.25) is 0 Å². The third-order valence-corrected chi connectivity index (χ3v) is 1.67. The molecule has 0 bridgehead atoms. The highest BCUT2D eigenvalue weighted by molar-refractivity contribution is 5.05. The van der Waals surface area contributed by atoms with Gasteiger partial charge in [0.1, 0.15) is 5.82 Å². The quantitative estimate of drug-likeness (QED) is 0.722.